The van der Waals surface area contributed by atoms with Gasteiger partial charge in [0.25, 0.3) is 0 Å². The van der Waals surface area contributed by atoms with Gasteiger partial charge in [0.1, 0.15) is 11.6 Å². The summed E-state index contributed by atoms with van der Waals surface area (Å²) in [5, 5.41) is 0. The molecule has 0 spiro atoms. The Morgan fingerprint density at radius 2 is 1.81 bits per heavy atom. The monoisotopic (exact) mass is 223 g/mol. The standard InChI is InChI=1S/C11H21N5/c1-7(11(2,3)4)16(5)9-6-8(12)14-10(13)15-9/h6-7H,1-5H3,(H4,12,13,14,15). The first-order valence-corrected chi connectivity index (χ1v) is 5.34. The second kappa shape index (κ2) is 4.15. The van der Waals surface area contributed by atoms with Crippen molar-refractivity contribution >= 4 is 17.6 Å². The average molecular weight is 223 g/mol. The highest BCUT2D eigenvalue weighted by Crippen LogP contribution is 2.26. The largest absolute Gasteiger partial charge is 0.383 e. The predicted molar refractivity (Wildman–Crippen MR) is 68.2 cm³/mol. The van der Waals surface area contributed by atoms with E-state index in [4.69, 9.17) is 11.5 Å². The van der Waals surface area contributed by atoms with Crippen LogP contribution in [0, 0.1) is 5.41 Å². The number of nitrogen functional groups attached to an aromatic ring is 2. The van der Waals surface area contributed by atoms with Crippen molar-refractivity contribution < 1.29 is 0 Å². The molecule has 0 aromatic carbocycles. The van der Waals surface area contributed by atoms with E-state index in [1.54, 1.807) is 6.07 Å². The van der Waals surface area contributed by atoms with E-state index in [0.29, 0.717) is 11.9 Å². The van der Waals surface area contributed by atoms with Crippen molar-refractivity contribution in [2.24, 2.45) is 5.41 Å². The van der Waals surface area contributed by atoms with Gasteiger partial charge in [-0.05, 0) is 12.3 Å². The lowest BCUT2D eigenvalue weighted by Gasteiger charge is -2.36. The maximum Gasteiger partial charge on any atom is 0.223 e. The van der Waals surface area contributed by atoms with Crippen LogP contribution in [0.2, 0.25) is 0 Å². The molecule has 90 valence electrons. The molecule has 1 heterocycles. The maximum atomic E-state index is 5.65. The summed E-state index contributed by atoms with van der Waals surface area (Å²) in [6.07, 6.45) is 0. The lowest BCUT2D eigenvalue weighted by Crippen LogP contribution is -2.40. The van der Waals surface area contributed by atoms with Crippen LogP contribution < -0.4 is 16.4 Å². The summed E-state index contributed by atoms with van der Waals surface area (Å²) in [7, 11) is 1.98. The zero-order chi connectivity index (χ0) is 12.5. The molecule has 16 heavy (non-hydrogen) atoms. The van der Waals surface area contributed by atoms with Crippen LogP contribution in [0.5, 0.6) is 0 Å². The highest BCUT2D eigenvalue weighted by Gasteiger charge is 2.25. The van der Waals surface area contributed by atoms with Gasteiger partial charge in [-0.3, -0.25) is 0 Å². The molecule has 0 amide bonds. The van der Waals surface area contributed by atoms with Crippen LogP contribution in [0.25, 0.3) is 0 Å². The van der Waals surface area contributed by atoms with Crippen molar-refractivity contribution in [3.05, 3.63) is 6.07 Å². The third kappa shape index (κ3) is 2.74. The summed E-state index contributed by atoms with van der Waals surface area (Å²) < 4.78 is 0. The smallest absolute Gasteiger partial charge is 0.223 e. The summed E-state index contributed by atoms with van der Waals surface area (Å²) >= 11 is 0. The zero-order valence-corrected chi connectivity index (χ0v) is 10.7. The Labute approximate surface area is 96.9 Å². The van der Waals surface area contributed by atoms with Crippen LogP contribution in [0.1, 0.15) is 27.7 Å². The fraction of sp³-hybridized carbons (Fsp3) is 0.636. The zero-order valence-electron chi connectivity index (χ0n) is 10.7. The molecule has 0 saturated heterocycles. The number of nitrogens with zero attached hydrogens (tertiary/aromatic N) is 3. The third-order valence-corrected chi connectivity index (χ3v) is 2.95. The normalized spacial score (nSPS) is 13.6. The highest BCUT2D eigenvalue weighted by molar-refractivity contribution is 5.50. The molecule has 0 aliphatic carbocycles. The number of anilines is 3. The SMILES string of the molecule is CC(N(C)c1cc(N)nc(N)n1)C(C)(C)C. The quantitative estimate of drug-likeness (QED) is 0.794. The van der Waals surface area contributed by atoms with Crippen LogP contribution >= 0.6 is 0 Å². The first kappa shape index (κ1) is 12.5. The van der Waals surface area contributed by atoms with E-state index in [1.807, 2.05) is 7.05 Å². The van der Waals surface area contributed by atoms with E-state index >= 15 is 0 Å². The molecule has 0 bridgehead atoms. The van der Waals surface area contributed by atoms with E-state index in [2.05, 4.69) is 42.6 Å². The fourth-order valence-electron chi connectivity index (χ4n) is 1.43. The third-order valence-electron chi connectivity index (χ3n) is 2.95. The summed E-state index contributed by atoms with van der Waals surface area (Å²) in [5.41, 5.74) is 11.4. The molecule has 1 rings (SSSR count). The fourth-order valence-corrected chi connectivity index (χ4v) is 1.43. The van der Waals surface area contributed by atoms with E-state index in [9.17, 15) is 0 Å². The molecule has 1 atom stereocenters. The molecule has 5 heteroatoms. The minimum absolute atomic E-state index is 0.156. The topological polar surface area (TPSA) is 81.1 Å². The number of rotatable bonds is 2. The van der Waals surface area contributed by atoms with Crippen LogP contribution in [0.15, 0.2) is 6.07 Å². The maximum absolute atomic E-state index is 5.65. The summed E-state index contributed by atoms with van der Waals surface area (Å²) in [4.78, 5) is 10.1. The predicted octanol–water partition coefficient (Wildman–Crippen LogP) is 1.51. The Hall–Kier alpha value is -1.52. The summed E-state index contributed by atoms with van der Waals surface area (Å²) in [6.45, 7) is 8.70. The van der Waals surface area contributed by atoms with E-state index in [0.717, 1.165) is 5.82 Å². The van der Waals surface area contributed by atoms with Crippen LogP contribution in [-0.4, -0.2) is 23.1 Å². The van der Waals surface area contributed by atoms with Crippen molar-refractivity contribution in [2.45, 2.75) is 33.7 Å². The van der Waals surface area contributed by atoms with E-state index in [-0.39, 0.29) is 11.4 Å². The van der Waals surface area contributed by atoms with Gasteiger partial charge >= 0.3 is 0 Å². The average Bonchev–Trinajstić information content (AvgIpc) is 2.12. The molecular weight excluding hydrogens is 202 g/mol. The summed E-state index contributed by atoms with van der Waals surface area (Å²) in [5.74, 6) is 1.37. The van der Waals surface area contributed by atoms with Gasteiger partial charge in [-0.2, -0.15) is 9.97 Å². The molecule has 4 N–H and O–H groups in total. The van der Waals surface area contributed by atoms with Crippen LogP contribution in [0.4, 0.5) is 17.6 Å². The first-order valence-electron chi connectivity index (χ1n) is 5.34. The van der Waals surface area contributed by atoms with Crippen LogP contribution in [0.3, 0.4) is 0 Å². The summed E-state index contributed by atoms with van der Waals surface area (Å²) in [6, 6.07) is 2.06. The van der Waals surface area contributed by atoms with Crippen molar-refractivity contribution in [2.75, 3.05) is 23.4 Å². The lowest BCUT2D eigenvalue weighted by atomic mass is 9.87. The number of aromatic nitrogens is 2. The van der Waals surface area contributed by atoms with Crippen molar-refractivity contribution in [1.82, 2.24) is 9.97 Å². The molecule has 1 aromatic heterocycles. The van der Waals surface area contributed by atoms with Gasteiger partial charge in [-0.15, -0.1) is 0 Å². The lowest BCUT2D eigenvalue weighted by molar-refractivity contribution is 0.328. The van der Waals surface area contributed by atoms with Gasteiger partial charge in [0.05, 0.1) is 0 Å². The molecule has 1 aromatic rings. The van der Waals surface area contributed by atoms with Gasteiger partial charge in [-0.25, -0.2) is 0 Å². The van der Waals surface area contributed by atoms with E-state index < -0.39 is 0 Å². The number of nitrogens with two attached hydrogens (primary N) is 2. The second-order valence-corrected chi connectivity index (χ2v) is 5.16. The molecule has 0 fully saturated rings. The van der Waals surface area contributed by atoms with Crippen molar-refractivity contribution in [1.29, 1.82) is 0 Å². The van der Waals surface area contributed by atoms with Gasteiger partial charge in [0.15, 0.2) is 0 Å². The number of hydrogen-bond acceptors (Lipinski definition) is 5. The van der Waals surface area contributed by atoms with E-state index in [1.165, 1.54) is 0 Å². The van der Waals surface area contributed by atoms with Crippen molar-refractivity contribution in [3.63, 3.8) is 0 Å². The van der Waals surface area contributed by atoms with Gasteiger partial charge in [-0.1, -0.05) is 20.8 Å². The minimum Gasteiger partial charge on any atom is -0.383 e. The van der Waals surface area contributed by atoms with Gasteiger partial charge in [0.2, 0.25) is 5.95 Å². The minimum atomic E-state index is 0.156. The Kier molecular flexibility index (Phi) is 3.26. The van der Waals surface area contributed by atoms with Crippen molar-refractivity contribution in [3.8, 4) is 0 Å². The molecule has 1 unspecified atom stereocenters. The second-order valence-electron chi connectivity index (χ2n) is 5.16. The highest BCUT2D eigenvalue weighted by atomic mass is 15.2. The Morgan fingerprint density at radius 3 is 2.25 bits per heavy atom. The van der Waals surface area contributed by atoms with Crippen LogP contribution in [-0.2, 0) is 0 Å². The molecule has 5 nitrogen and oxygen atoms in total. The molecular formula is C11H21N5. The van der Waals surface area contributed by atoms with Gasteiger partial charge < -0.3 is 16.4 Å². The Balaban J connectivity index is 3.00. The molecule has 0 aliphatic rings. The Morgan fingerprint density at radius 1 is 1.25 bits per heavy atom. The molecule has 0 aliphatic heterocycles. The molecule has 0 radical (unpaired) electrons. The van der Waals surface area contributed by atoms with Gasteiger partial charge in [0, 0.05) is 19.2 Å². The Bertz CT molecular complexity index is 349. The first-order chi connectivity index (χ1) is 7.21. The number of hydrogen-bond donors (Lipinski definition) is 2. The molecule has 0 saturated carbocycles.